The normalized spacial score (nSPS) is 11.5. The summed E-state index contributed by atoms with van der Waals surface area (Å²) >= 11 is 0. The van der Waals surface area contributed by atoms with Crippen molar-refractivity contribution in [2.24, 2.45) is 0 Å². The Bertz CT molecular complexity index is 881. The first-order valence-electron chi connectivity index (χ1n) is 8.06. The summed E-state index contributed by atoms with van der Waals surface area (Å²) in [6, 6.07) is 15.1. The lowest BCUT2D eigenvalue weighted by Gasteiger charge is -2.15. The maximum absolute atomic E-state index is 12.4. The number of aromatic nitrogens is 2. The van der Waals surface area contributed by atoms with Crippen LogP contribution in [0.15, 0.2) is 73.3 Å². The van der Waals surface area contributed by atoms with Crippen molar-refractivity contribution in [3.05, 3.63) is 84.4 Å². The van der Waals surface area contributed by atoms with E-state index in [9.17, 15) is 14.7 Å². The van der Waals surface area contributed by atoms with Gasteiger partial charge in [0.2, 0.25) is 0 Å². The van der Waals surface area contributed by atoms with Crippen LogP contribution in [0.1, 0.15) is 15.9 Å². The smallest absolute Gasteiger partial charge is 0.326 e. The van der Waals surface area contributed by atoms with Gasteiger partial charge >= 0.3 is 5.97 Å². The van der Waals surface area contributed by atoms with E-state index in [0.717, 1.165) is 16.7 Å². The zero-order valence-corrected chi connectivity index (χ0v) is 13.9. The van der Waals surface area contributed by atoms with Crippen molar-refractivity contribution in [1.29, 1.82) is 0 Å². The van der Waals surface area contributed by atoms with Crippen LogP contribution in [0.5, 0.6) is 0 Å². The molecule has 0 fully saturated rings. The quantitative estimate of drug-likeness (QED) is 0.715. The number of hydrogen-bond donors (Lipinski definition) is 2. The molecule has 6 nitrogen and oxygen atoms in total. The molecule has 0 aliphatic rings. The topological polar surface area (TPSA) is 92.2 Å². The van der Waals surface area contributed by atoms with Crippen LogP contribution in [0.3, 0.4) is 0 Å². The van der Waals surface area contributed by atoms with Gasteiger partial charge in [-0.2, -0.15) is 0 Å². The number of rotatable bonds is 6. The maximum atomic E-state index is 12.4. The molecule has 1 heterocycles. The van der Waals surface area contributed by atoms with Gasteiger partial charge in [0, 0.05) is 29.9 Å². The molecule has 2 N–H and O–H groups in total. The van der Waals surface area contributed by atoms with Gasteiger partial charge in [-0.15, -0.1) is 0 Å². The summed E-state index contributed by atoms with van der Waals surface area (Å²) in [6.07, 6.45) is 5.04. The number of carboxylic acids is 1. The number of nitrogens with one attached hydrogen (secondary N) is 1. The van der Waals surface area contributed by atoms with Gasteiger partial charge in [-0.1, -0.05) is 42.5 Å². The molecule has 3 aromatic rings. The van der Waals surface area contributed by atoms with Crippen molar-refractivity contribution in [1.82, 2.24) is 15.3 Å². The summed E-state index contributed by atoms with van der Waals surface area (Å²) in [4.78, 5) is 31.8. The first-order valence-corrected chi connectivity index (χ1v) is 8.06. The average Bonchev–Trinajstić information content (AvgIpc) is 2.69. The molecule has 0 saturated carbocycles. The third-order valence-electron chi connectivity index (χ3n) is 3.93. The number of carbonyl (C=O) groups is 2. The minimum absolute atomic E-state index is 0.224. The first kappa shape index (κ1) is 17.3. The van der Waals surface area contributed by atoms with Gasteiger partial charge in [-0.25, -0.2) is 14.8 Å². The van der Waals surface area contributed by atoms with E-state index in [1.807, 2.05) is 30.3 Å². The highest BCUT2D eigenvalue weighted by Gasteiger charge is 2.21. The molecular weight excluding hydrogens is 330 g/mol. The summed E-state index contributed by atoms with van der Waals surface area (Å²) in [5.74, 6) is -1.50. The number of nitrogens with zero attached hydrogens (tertiary/aromatic N) is 2. The lowest BCUT2D eigenvalue weighted by Crippen LogP contribution is -2.42. The lowest BCUT2D eigenvalue weighted by atomic mass is 10.0. The number of carbonyl (C=O) groups excluding carboxylic acids is 1. The van der Waals surface area contributed by atoms with E-state index >= 15 is 0 Å². The van der Waals surface area contributed by atoms with Crippen molar-refractivity contribution < 1.29 is 14.7 Å². The molecule has 0 spiro atoms. The Morgan fingerprint density at radius 3 is 2.19 bits per heavy atom. The molecule has 0 aliphatic carbocycles. The molecule has 0 aliphatic heterocycles. The van der Waals surface area contributed by atoms with Crippen LogP contribution >= 0.6 is 0 Å². The molecule has 1 aromatic heterocycles. The molecule has 1 unspecified atom stereocenters. The molecular formula is C20H17N3O3. The zero-order chi connectivity index (χ0) is 18.4. The molecule has 1 amide bonds. The van der Waals surface area contributed by atoms with Crippen LogP contribution in [0.25, 0.3) is 11.1 Å². The monoisotopic (exact) mass is 347 g/mol. The molecule has 0 saturated heterocycles. The van der Waals surface area contributed by atoms with Gasteiger partial charge < -0.3 is 10.4 Å². The minimum Gasteiger partial charge on any atom is -0.480 e. The summed E-state index contributed by atoms with van der Waals surface area (Å²) in [5.41, 5.74) is 2.96. The van der Waals surface area contributed by atoms with Crippen LogP contribution in [0.4, 0.5) is 0 Å². The SMILES string of the molecule is O=C(NC(Cc1ccccc1)C(=O)O)c1ccc(-c2cncnc2)cc1. The van der Waals surface area contributed by atoms with Crippen LogP contribution in [0, 0.1) is 0 Å². The molecule has 6 heteroatoms. The minimum atomic E-state index is -1.07. The van der Waals surface area contributed by atoms with Gasteiger partial charge in [0.25, 0.3) is 5.91 Å². The highest BCUT2D eigenvalue weighted by molar-refractivity contribution is 5.97. The van der Waals surface area contributed by atoms with Gasteiger partial charge in [0.15, 0.2) is 0 Å². The molecule has 130 valence electrons. The molecule has 1 atom stereocenters. The largest absolute Gasteiger partial charge is 0.480 e. The Morgan fingerprint density at radius 1 is 0.923 bits per heavy atom. The molecule has 0 bridgehead atoms. The van der Waals surface area contributed by atoms with Crippen molar-refractivity contribution in [3.8, 4) is 11.1 Å². The fourth-order valence-electron chi connectivity index (χ4n) is 2.55. The highest BCUT2D eigenvalue weighted by atomic mass is 16.4. The third kappa shape index (κ3) is 4.30. The highest BCUT2D eigenvalue weighted by Crippen LogP contribution is 2.17. The van der Waals surface area contributed by atoms with E-state index in [4.69, 9.17) is 0 Å². The third-order valence-corrected chi connectivity index (χ3v) is 3.93. The Kier molecular flexibility index (Phi) is 5.34. The Balaban J connectivity index is 1.70. The van der Waals surface area contributed by atoms with E-state index in [1.54, 1.807) is 36.7 Å². The number of benzene rings is 2. The summed E-state index contributed by atoms with van der Waals surface area (Å²) in [5, 5.41) is 12.0. The van der Waals surface area contributed by atoms with E-state index in [1.165, 1.54) is 6.33 Å². The molecule has 3 rings (SSSR count). The predicted molar refractivity (Wildman–Crippen MR) is 96.5 cm³/mol. The van der Waals surface area contributed by atoms with Gasteiger partial charge in [-0.05, 0) is 23.3 Å². The number of hydrogen-bond acceptors (Lipinski definition) is 4. The van der Waals surface area contributed by atoms with Gasteiger partial charge in [-0.3, -0.25) is 4.79 Å². The Morgan fingerprint density at radius 2 is 1.58 bits per heavy atom. The number of amides is 1. The van der Waals surface area contributed by atoms with Gasteiger partial charge in [0.1, 0.15) is 12.4 Å². The lowest BCUT2D eigenvalue weighted by molar-refractivity contribution is -0.139. The van der Waals surface area contributed by atoms with Crippen LogP contribution in [-0.4, -0.2) is 33.0 Å². The molecule has 2 aromatic carbocycles. The average molecular weight is 347 g/mol. The van der Waals surface area contributed by atoms with E-state index in [2.05, 4.69) is 15.3 Å². The second-order valence-electron chi connectivity index (χ2n) is 5.76. The van der Waals surface area contributed by atoms with Crippen molar-refractivity contribution >= 4 is 11.9 Å². The predicted octanol–water partition coefficient (Wildman–Crippen LogP) is 2.57. The first-order chi connectivity index (χ1) is 12.6. The van der Waals surface area contributed by atoms with E-state index in [-0.39, 0.29) is 6.42 Å². The van der Waals surface area contributed by atoms with Crippen molar-refractivity contribution in [2.45, 2.75) is 12.5 Å². The number of carboxylic acid groups (broad SMARTS) is 1. The zero-order valence-electron chi connectivity index (χ0n) is 13.9. The van der Waals surface area contributed by atoms with Crippen LogP contribution in [0.2, 0.25) is 0 Å². The fraction of sp³-hybridized carbons (Fsp3) is 0.100. The van der Waals surface area contributed by atoms with E-state index < -0.39 is 17.9 Å². The second kappa shape index (κ2) is 8.02. The van der Waals surface area contributed by atoms with E-state index in [0.29, 0.717) is 5.56 Å². The summed E-state index contributed by atoms with van der Waals surface area (Å²) < 4.78 is 0. The van der Waals surface area contributed by atoms with Crippen molar-refractivity contribution in [2.75, 3.05) is 0 Å². The standard InChI is InChI=1S/C20H17N3O3/c24-19(23-18(20(25)26)10-14-4-2-1-3-5-14)16-8-6-15(7-9-16)17-11-21-13-22-12-17/h1-9,11-13,18H,10H2,(H,23,24)(H,25,26). The number of aliphatic carboxylic acids is 1. The Labute approximate surface area is 150 Å². The second-order valence-corrected chi connectivity index (χ2v) is 5.76. The van der Waals surface area contributed by atoms with Crippen molar-refractivity contribution in [3.63, 3.8) is 0 Å². The molecule has 26 heavy (non-hydrogen) atoms. The Hall–Kier alpha value is -3.54. The fourth-order valence-corrected chi connectivity index (χ4v) is 2.55. The van der Waals surface area contributed by atoms with Crippen LogP contribution in [-0.2, 0) is 11.2 Å². The summed E-state index contributed by atoms with van der Waals surface area (Å²) in [7, 11) is 0. The van der Waals surface area contributed by atoms with Crippen LogP contribution < -0.4 is 5.32 Å². The summed E-state index contributed by atoms with van der Waals surface area (Å²) in [6.45, 7) is 0. The maximum Gasteiger partial charge on any atom is 0.326 e. The van der Waals surface area contributed by atoms with Gasteiger partial charge in [0.05, 0.1) is 0 Å². The molecule has 0 radical (unpaired) electrons.